The maximum atomic E-state index is 5.28. The third-order valence-electron chi connectivity index (χ3n) is 10.5. The Morgan fingerprint density at radius 3 is 2.51 bits per heavy atom. The van der Waals surface area contributed by atoms with Gasteiger partial charge >= 0.3 is 0 Å². The van der Waals surface area contributed by atoms with Crippen LogP contribution in [0.25, 0.3) is 69.6 Å². The van der Waals surface area contributed by atoms with E-state index < -0.39 is 0 Å². The lowest BCUT2D eigenvalue weighted by Crippen LogP contribution is -2.29. The van der Waals surface area contributed by atoms with Crippen molar-refractivity contribution in [3.63, 3.8) is 0 Å². The minimum absolute atomic E-state index is 0.00411. The first-order valence-electron chi connectivity index (χ1n) is 15.7. The van der Waals surface area contributed by atoms with Gasteiger partial charge in [0.1, 0.15) is 0 Å². The normalized spacial score (nSPS) is 17.6. The minimum atomic E-state index is 0.00411. The number of rotatable bonds is 1. The van der Waals surface area contributed by atoms with Crippen LogP contribution in [0.1, 0.15) is 25.0 Å². The fourth-order valence-electron chi connectivity index (χ4n) is 8.43. The van der Waals surface area contributed by atoms with Crippen LogP contribution in [0.2, 0.25) is 0 Å². The first kappa shape index (κ1) is 24.2. The van der Waals surface area contributed by atoms with Crippen molar-refractivity contribution in [1.82, 2.24) is 4.40 Å². The molecule has 0 amide bonds. The molecule has 45 heavy (non-hydrogen) atoms. The van der Waals surface area contributed by atoms with Crippen molar-refractivity contribution in [2.24, 2.45) is 4.99 Å². The van der Waals surface area contributed by atoms with Crippen molar-refractivity contribution < 1.29 is 0 Å². The molecule has 8 aromatic rings. The lowest BCUT2D eigenvalue weighted by molar-refractivity contribution is 0.660. The number of benzene rings is 5. The van der Waals surface area contributed by atoms with E-state index in [4.69, 9.17) is 4.99 Å². The minimum Gasteiger partial charge on any atom is -0.370 e. The second-order valence-corrected chi connectivity index (χ2v) is 14.3. The number of thiophene rings is 1. The number of hydrogen-bond donors (Lipinski definition) is 1. The second kappa shape index (κ2) is 8.09. The highest BCUT2D eigenvalue weighted by molar-refractivity contribution is 7.26. The Balaban J connectivity index is 1.24. The number of aromatic nitrogens is 1. The zero-order chi connectivity index (χ0) is 29.6. The van der Waals surface area contributed by atoms with Gasteiger partial charge in [-0.2, -0.15) is 0 Å². The quantitative estimate of drug-likeness (QED) is 0.202. The van der Waals surface area contributed by atoms with Gasteiger partial charge in [0.15, 0.2) is 5.82 Å². The van der Waals surface area contributed by atoms with Gasteiger partial charge in [0, 0.05) is 41.7 Å². The highest BCUT2D eigenvalue weighted by Crippen LogP contribution is 2.53. The van der Waals surface area contributed by atoms with E-state index in [0.717, 1.165) is 17.2 Å². The standard InChI is InChI=1S/C41H27N3S/c1-41(2)29-11-5-3-9-24(29)26-19-22(15-17-30(26)41)23-16-18-33-27(20-23)37-36-25-10-4-8-14-34(25)45-35(36)21-28-38-40(44(33)39(28)37)43-32-13-7-6-12-31(32)42-38/h3-21,31,42H,1-2H3. The van der Waals surface area contributed by atoms with Crippen molar-refractivity contribution in [2.75, 3.05) is 5.32 Å². The Morgan fingerprint density at radius 1 is 0.733 bits per heavy atom. The first-order valence-corrected chi connectivity index (χ1v) is 16.5. The van der Waals surface area contributed by atoms with Gasteiger partial charge in [-0.15, -0.1) is 11.3 Å². The molecule has 212 valence electrons. The smallest absolute Gasteiger partial charge is 0.162 e. The van der Waals surface area contributed by atoms with E-state index in [1.54, 1.807) is 0 Å². The molecular weight excluding hydrogens is 567 g/mol. The number of nitrogens with zero attached hydrogens (tertiary/aromatic N) is 2. The molecule has 3 aromatic heterocycles. The molecule has 1 unspecified atom stereocenters. The summed E-state index contributed by atoms with van der Waals surface area (Å²) in [6, 6.07) is 34.4. The molecule has 0 radical (unpaired) electrons. The van der Waals surface area contributed by atoms with Crippen LogP contribution in [0.5, 0.6) is 0 Å². The molecule has 2 aliphatic carbocycles. The predicted molar refractivity (Wildman–Crippen MR) is 192 cm³/mol. The van der Waals surface area contributed by atoms with Gasteiger partial charge in [-0.05, 0) is 69.8 Å². The summed E-state index contributed by atoms with van der Waals surface area (Å²) in [7, 11) is 0. The molecule has 0 bridgehead atoms. The monoisotopic (exact) mass is 593 g/mol. The summed E-state index contributed by atoms with van der Waals surface area (Å²) >= 11 is 1.89. The SMILES string of the molecule is CC1(C)c2ccccc2-c2cc(-c3ccc4c(c3)c3c5c(cc6c7c(n4c63)N=C3C=CC=CC3N7)sc3ccccc35)ccc21. The summed E-state index contributed by atoms with van der Waals surface area (Å²) in [6.07, 6.45) is 8.52. The molecule has 5 aromatic carbocycles. The summed E-state index contributed by atoms with van der Waals surface area (Å²) in [5.41, 5.74) is 12.7. The molecule has 1 N–H and O–H groups in total. The zero-order valence-corrected chi connectivity index (χ0v) is 25.7. The lowest BCUT2D eigenvalue weighted by atomic mass is 9.82. The largest absolute Gasteiger partial charge is 0.370 e. The van der Waals surface area contributed by atoms with Gasteiger partial charge in [0.25, 0.3) is 0 Å². The summed E-state index contributed by atoms with van der Waals surface area (Å²) in [6.45, 7) is 4.69. The summed E-state index contributed by atoms with van der Waals surface area (Å²) in [4.78, 5) is 5.28. The number of aliphatic imine (C=N–C) groups is 1. The van der Waals surface area contributed by atoms with Crippen molar-refractivity contribution in [3.05, 3.63) is 126 Å². The van der Waals surface area contributed by atoms with Crippen LogP contribution in [0.4, 0.5) is 11.5 Å². The number of allylic oxidation sites excluding steroid dienone is 2. The third kappa shape index (κ3) is 2.94. The molecule has 0 saturated heterocycles. The fraction of sp³-hybridized carbons (Fsp3) is 0.0976. The van der Waals surface area contributed by atoms with E-state index in [0.29, 0.717) is 0 Å². The molecule has 0 saturated carbocycles. The van der Waals surface area contributed by atoms with Crippen LogP contribution in [-0.4, -0.2) is 16.2 Å². The Labute approximate surface area is 263 Å². The zero-order valence-electron chi connectivity index (χ0n) is 24.8. The maximum absolute atomic E-state index is 5.28. The topological polar surface area (TPSA) is 28.8 Å². The molecule has 4 heterocycles. The van der Waals surface area contributed by atoms with Crippen molar-refractivity contribution >= 4 is 75.9 Å². The summed E-state index contributed by atoms with van der Waals surface area (Å²) in [5, 5.41) is 10.4. The average molecular weight is 594 g/mol. The first-order chi connectivity index (χ1) is 22.1. The molecule has 4 heteroatoms. The Morgan fingerprint density at radius 2 is 1.56 bits per heavy atom. The van der Waals surface area contributed by atoms with Crippen LogP contribution in [0.15, 0.2) is 120 Å². The van der Waals surface area contributed by atoms with Crippen molar-refractivity contribution in [3.8, 4) is 22.3 Å². The van der Waals surface area contributed by atoms with E-state index >= 15 is 0 Å². The molecule has 11 rings (SSSR count). The lowest BCUT2D eigenvalue weighted by Gasteiger charge is -2.23. The van der Waals surface area contributed by atoms with Crippen molar-refractivity contribution in [1.29, 1.82) is 0 Å². The highest BCUT2D eigenvalue weighted by atomic mass is 32.1. The van der Waals surface area contributed by atoms with E-state index in [1.165, 1.54) is 80.7 Å². The summed E-state index contributed by atoms with van der Waals surface area (Å²) in [5.74, 6) is 1.00. The van der Waals surface area contributed by atoms with Crippen molar-refractivity contribution in [2.45, 2.75) is 25.3 Å². The molecule has 1 atom stereocenters. The second-order valence-electron chi connectivity index (χ2n) is 13.2. The molecule has 0 fully saturated rings. The highest BCUT2D eigenvalue weighted by Gasteiger charge is 2.35. The molecular formula is C41H27N3S. The van der Waals surface area contributed by atoms with Gasteiger partial charge in [0.05, 0.1) is 28.5 Å². The Kier molecular flexibility index (Phi) is 4.35. The van der Waals surface area contributed by atoms with E-state index in [1.807, 2.05) is 11.3 Å². The number of nitrogens with one attached hydrogen (secondary N) is 1. The van der Waals surface area contributed by atoms with Gasteiger partial charge in [-0.3, -0.25) is 4.40 Å². The van der Waals surface area contributed by atoms with E-state index in [2.05, 4.69) is 139 Å². The van der Waals surface area contributed by atoms with Crippen LogP contribution >= 0.6 is 11.3 Å². The Bertz CT molecular complexity index is 2710. The van der Waals surface area contributed by atoms with Crippen LogP contribution in [0, 0.1) is 0 Å². The fourth-order valence-corrected chi connectivity index (χ4v) is 9.59. The van der Waals surface area contributed by atoms with E-state index in [9.17, 15) is 0 Å². The number of fused-ring (bicyclic) bond motifs is 14. The van der Waals surface area contributed by atoms with Gasteiger partial charge in [0.2, 0.25) is 0 Å². The molecule has 1 aliphatic heterocycles. The third-order valence-corrected chi connectivity index (χ3v) is 11.6. The van der Waals surface area contributed by atoms with Gasteiger partial charge in [-0.25, -0.2) is 4.99 Å². The van der Waals surface area contributed by atoms with Gasteiger partial charge in [-0.1, -0.05) is 92.7 Å². The number of anilines is 1. The number of hydrogen-bond acceptors (Lipinski definition) is 3. The summed E-state index contributed by atoms with van der Waals surface area (Å²) < 4.78 is 5.06. The van der Waals surface area contributed by atoms with Crippen LogP contribution in [0.3, 0.4) is 0 Å². The Hall–Kier alpha value is -5.19. The van der Waals surface area contributed by atoms with Crippen LogP contribution < -0.4 is 5.32 Å². The maximum Gasteiger partial charge on any atom is 0.162 e. The molecule has 3 aliphatic rings. The van der Waals surface area contributed by atoms with E-state index in [-0.39, 0.29) is 11.5 Å². The molecule has 3 nitrogen and oxygen atoms in total. The predicted octanol–water partition coefficient (Wildman–Crippen LogP) is 11.0. The van der Waals surface area contributed by atoms with Gasteiger partial charge < -0.3 is 5.32 Å². The van der Waals surface area contributed by atoms with Crippen LogP contribution in [-0.2, 0) is 5.41 Å². The molecule has 0 spiro atoms. The average Bonchev–Trinajstić information content (AvgIpc) is 3.77.